The van der Waals surface area contributed by atoms with Crippen molar-refractivity contribution in [2.75, 3.05) is 11.1 Å². The summed E-state index contributed by atoms with van der Waals surface area (Å²) in [4.78, 5) is 25.5. The average molecular weight is 453 g/mol. The van der Waals surface area contributed by atoms with Gasteiger partial charge in [-0.2, -0.15) is 0 Å². The number of benzene rings is 2. The molecule has 0 radical (unpaired) electrons. The number of carbonyl (C=O) groups is 1. The lowest BCUT2D eigenvalue weighted by Crippen LogP contribution is -2.23. The number of thioether (sulfide) groups is 1. The highest BCUT2D eigenvalue weighted by atomic mass is 32.2. The van der Waals surface area contributed by atoms with E-state index in [0.717, 1.165) is 5.56 Å². The van der Waals surface area contributed by atoms with Crippen LogP contribution in [0.5, 0.6) is 0 Å². The molecule has 10 heteroatoms. The molecule has 0 spiro atoms. The molecule has 0 aliphatic rings. The topological polar surface area (TPSA) is 86.7 Å². The van der Waals surface area contributed by atoms with Crippen LogP contribution in [0, 0.1) is 12.7 Å². The van der Waals surface area contributed by atoms with Crippen LogP contribution in [0.1, 0.15) is 5.69 Å². The van der Waals surface area contributed by atoms with Crippen LogP contribution in [0.3, 0.4) is 0 Å². The largest absolute Gasteiger partial charge is 0.319 e. The molecule has 2 heterocycles. The number of carbonyl (C=O) groups excluding carboxylic acids is 1. The van der Waals surface area contributed by atoms with Gasteiger partial charge in [-0.05, 0) is 43.3 Å². The molecule has 164 valence electrons. The Morgan fingerprint density at radius 2 is 1.75 bits per heavy atom. The summed E-state index contributed by atoms with van der Waals surface area (Å²) in [7, 11) is 3.55. The monoisotopic (exact) mass is 452 g/mol. The second kappa shape index (κ2) is 8.83. The maximum atomic E-state index is 13.2. The summed E-state index contributed by atoms with van der Waals surface area (Å²) in [5.41, 5.74) is 2.03. The van der Waals surface area contributed by atoms with Crippen molar-refractivity contribution < 1.29 is 9.18 Å². The zero-order valence-electron chi connectivity index (χ0n) is 17.7. The Hall–Kier alpha value is -3.66. The van der Waals surface area contributed by atoms with Gasteiger partial charge >= 0.3 is 0 Å². The molecule has 0 saturated carbocycles. The minimum atomic E-state index is -0.329. The molecule has 32 heavy (non-hydrogen) atoms. The number of para-hydroxylation sites is 1. The van der Waals surface area contributed by atoms with Crippen LogP contribution in [-0.4, -0.2) is 35.8 Å². The van der Waals surface area contributed by atoms with Gasteiger partial charge in [-0.25, -0.2) is 9.07 Å². The molecule has 0 aliphatic carbocycles. The molecule has 1 amide bonds. The zero-order valence-corrected chi connectivity index (χ0v) is 18.6. The number of halogens is 1. The molecule has 0 unspecified atom stereocenters. The van der Waals surface area contributed by atoms with Crippen LogP contribution in [0.15, 0.2) is 64.5 Å². The van der Waals surface area contributed by atoms with E-state index in [2.05, 4.69) is 15.5 Å². The third-order valence-corrected chi connectivity index (χ3v) is 6.11. The number of aromatic nitrogens is 5. The van der Waals surface area contributed by atoms with Crippen LogP contribution < -0.4 is 10.9 Å². The van der Waals surface area contributed by atoms with Gasteiger partial charge in [0.25, 0.3) is 5.56 Å². The average Bonchev–Trinajstić information content (AvgIpc) is 3.25. The number of hydrogen-bond donors (Lipinski definition) is 1. The van der Waals surface area contributed by atoms with Gasteiger partial charge < -0.3 is 9.88 Å². The fourth-order valence-corrected chi connectivity index (χ4v) is 4.02. The van der Waals surface area contributed by atoms with Crippen molar-refractivity contribution in [2.45, 2.75) is 12.1 Å². The maximum absolute atomic E-state index is 13.2. The first-order valence-electron chi connectivity index (χ1n) is 9.79. The molecule has 2 aromatic carbocycles. The van der Waals surface area contributed by atoms with Gasteiger partial charge in [0.1, 0.15) is 11.5 Å². The predicted molar refractivity (Wildman–Crippen MR) is 121 cm³/mol. The van der Waals surface area contributed by atoms with Gasteiger partial charge in [-0.1, -0.05) is 30.0 Å². The summed E-state index contributed by atoms with van der Waals surface area (Å²) < 4.78 is 18.1. The fraction of sp³-hybridized carbons (Fsp3) is 0.182. The van der Waals surface area contributed by atoms with Crippen LogP contribution in [0.25, 0.3) is 17.1 Å². The normalized spacial score (nSPS) is 11.0. The van der Waals surface area contributed by atoms with Gasteiger partial charge in [0.2, 0.25) is 5.91 Å². The molecule has 0 aliphatic heterocycles. The molecule has 2 aromatic heterocycles. The van der Waals surface area contributed by atoms with Crippen molar-refractivity contribution in [2.24, 2.45) is 14.1 Å². The molecule has 0 saturated heterocycles. The van der Waals surface area contributed by atoms with Crippen LogP contribution >= 0.6 is 11.8 Å². The van der Waals surface area contributed by atoms with Crippen LogP contribution in [0.2, 0.25) is 0 Å². The Morgan fingerprint density at radius 1 is 1.06 bits per heavy atom. The molecule has 0 bridgehead atoms. The second-order valence-electron chi connectivity index (χ2n) is 7.15. The lowest BCUT2D eigenvalue weighted by atomic mass is 10.2. The SMILES string of the molecule is Cc1c(NC(=O)CSc2nnc(-c3ccc(F)cc3)n2C)c(=O)n(-c2ccccc2)n1C. The molecule has 4 aromatic rings. The van der Waals surface area contributed by atoms with E-state index in [4.69, 9.17) is 0 Å². The van der Waals surface area contributed by atoms with E-state index >= 15 is 0 Å². The minimum absolute atomic E-state index is 0.0501. The van der Waals surface area contributed by atoms with Gasteiger partial charge in [0.05, 0.1) is 17.1 Å². The number of hydrogen-bond acceptors (Lipinski definition) is 5. The number of rotatable bonds is 6. The second-order valence-corrected chi connectivity index (χ2v) is 8.09. The maximum Gasteiger partial charge on any atom is 0.295 e. The van der Waals surface area contributed by atoms with Crippen molar-refractivity contribution >= 4 is 23.4 Å². The third-order valence-electron chi connectivity index (χ3n) is 5.09. The Morgan fingerprint density at radius 3 is 2.44 bits per heavy atom. The first-order valence-corrected chi connectivity index (χ1v) is 10.8. The highest BCUT2D eigenvalue weighted by Gasteiger charge is 2.19. The summed E-state index contributed by atoms with van der Waals surface area (Å²) in [5.74, 6) is -0.0382. The quantitative estimate of drug-likeness (QED) is 0.454. The summed E-state index contributed by atoms with van der Waals surface area (Å²) in [6.45, 7) is 1.78. The number of nitrogens with zero attached hydrogens (tertiary/aromatic N) is 5. The van der Waals surface area contributed by atoms with Crippen molar-refractivity contribution in [1.82, 2.24) is 24.1 Å². The highest BCUT2D eigenvalue weighted by Crippen LogP contribution is 2.23. The van der Waals surface area contributed by atoms with Crippen molar-refractivity contribution in [3.63, 3.8) is 0 Å². The van der Waals surface area contributed by atoms with E-state index in [-0.39, 0.29) is 28.7 Å². The number of anilines is 1. The van der Waals surface area contributed by atoms with Gasteiger partial charge in [0.15, 0.2) is 11.0 Å². The minimum Gasteiger partial charge on any atom is -0.319 e. The van der Waals surface area contributed by atoms with E-state index in [1.54, 1.807) is 42.4 Å². The van der Waals surface area contributed by atoms with Gasteiger partial charge in [-0.3, -0.25) is 14.3 Å². The van der Waals surface area contributed by atoms with Crippen molar-refractivity contribution in [1.29, 1.82) is 0 Å². The molecule has 0 fully saturated rings. The number of amides is 1. The predicted octanol–water partition coefficient (Wildman–Crippen LogP) is 3.15. The summed E-state index contributed by atoms with van der Waals surface area (Å²) in [5, 5.41) is 11.5. The van der Waals surface area contributed by atoms with Crippen LogP contribution in [-0.2, 0) is 18.9 Å². The Bertz CT molecular complexity index is 1330. The summed E-state index contributed by atoms with van der Waals surface area (Å²) in [6.07, 6.45) is 0. The highest BCUT2D eigenvalue weighted by molar-refractivity contribution is 7.99. The van der Waals surface area contributed by atoms with E-state index in [1.165, 1.54) is 28.6 Å². The Labute approximate surface area is 187 Å². The molecule has 4 rings (SSSR count). The molecular formula is C22H21FN6O2S. The van der Waals surface area contributed by atoms with Gasteiger partial charge in [0, 0.05) is 19.7 Å². The lowest BCUT2D eigenvalue weighted by Gasteiger charge is -2.07. The van der Waals surface area contributed by atoms with E-state index in [1.807, 2.05) is 30.3 Å². The molecular weight excluding hydrogens is 431 g/mol. The Balaban J connectivity index is 1.48. The standard InChI is InChI=1S/C22H21FN6O2S/c1-14-19(21(31)29(28(14)3)17-7-5-4-6-8-17)24-18(30)13-32-22-26-25-20(27(22)2)15-9-11-16(23)12-10-15/h4-12H,13H2,1-3H3,(H,24,30). The molecule has 0 atom stereocenters. The van der Waals surface area contributed by atoms with Crippen LogP contribution in [0.4, 0.5) is 10.1 Å². The first kappa shape index (κ1) is 21.6. The molecule has 8 nitrogen and oxygen atoms in total. The summed E-state index contributed by atoms with van der Waals surface area (Å²) >= 11 is 1.20. The van der Waals surface area contributed by atoms with E-state index in [9.17, 15) is 14.0 Å². The zero-order chi connectivity index (χ0) is 22.8. The smallest absolute Gasteiger partial charge is 0.295 e. The fourth-order valence-electron chi connectivity index (χ4n) is 3.31. The van der Waals surface area contributed by atoms with E-state index < -0.39 is 0 Å². The summed E-state index contributed by atoms with van der Waals surface area (Å²) in [6, 6.07) is 15.2. The first-order chi connectivity index (χ1) is 15.4. The lowest BCUT2D eigenvalue weighted by molar-refractivity contribution is -0.113. The molecule has 1 N–H and O–H groups in total. The van der Waals surface area contributed by atoms with E-state index in [0.29, 0.717) is 22.4 Å². The van der Waals surface area contributed by atoms with Crippen molar-refractivity contribution in [3.05, 3.63) is 76.5 Å². The Kier molecular flexibility index (Phi) is 5.95. The third kappa shape index (κ3) is 4.09. The number of nitrogens with one attached hydrogen (secondary N) is 1. The van der Waals surface area contributed by atoms with Gasteiger partial charge in [-0.15, -0.1) is 10.2 Å². The van der Waals surface area contributed by atoms with Crippen molar-refractivity contribution in [3.8, 4) is 17.1 Å².